The van der Waals surface area contributed by atoms with Gasteiger partial charge in [-0.25, -0.2) is 0 Å². The Kier molecular flexibility index (Phi) is 5.36. The molecule has 0 radical (unpaired) electrons. The predicted octanol–water partition coefficient (Wildman–Crippen LogP) is 4.91. The first-order chi connectivity index (χ1) is 14.1. The van der Waals surface area contributed by atoms with Crippen molar-refractivity contribution in [2.24, 2.45) is 0 Å². The van der Waals surface area contributed by atoms with E-state index in [0.717, 1.165) is 21.2 Å². The van der Waals surface area contributed by atoms with Gasteiger partial charge in [-0.2, -0.15) is 0 Å². The third-order valence-electron chi connectivity index (χ3n) is 4.99. The maximum atomic E-state index is 13.0. The summed E-state index contributed by atoms with van der Waals surface area (Å²) in [7, 11) is 1.60. The molecule has 1 aliphatic rings. The van der Waals surface area contributed by atoms with Gasteiger partial charge in [-0.05, 0) is 53.1 Å². The average Bonchev–Trinajstić information content (AvgIpc) is 3.00. The number of aromatic nitrogens is 1. The van der Waals surface area contributed by atoms with Gasteiger partial charge in [0.1, 0.15) is 5.75 Å². The molecule has 1 amide bonds. The molecular formula is C23H19BrN2O3. The van der Waals surface area contributed by atoms with Gasteiger partial charge in [0.15, 0.2) is 5.76 Å². The highest BCUT2D eigenvalue weighted by atomic mass is 79.9. The third kappa shape index (κ3) is 3.76. The lowest BCUT2D eigenvalue weighted by molar-refractivity contribution is -0.130. The van der Waals surface area contributed by atoms with E-state index >= 15 is 0 Å². The van der Waals surface area contributed by atoms with E-state index in [1.807, 2.05) is 60.7 Å². The number of nitrogens with zero attached hydrogens (tertiary/aromatic N) is 2. The molecule has 146 valence electrons. The van der Waals surface area contributed by atoms with Gasteiger partial charge >= 0.3 is 0 Å². The molecule has 0 fully saturated rings. The summed E-state index contributed by atoms with van der Waals surface area (Å²) in [6, 6.07) is 18.5. The van der Waals surface area contributed by atoms with Gasteiger partial charge in [0.25, 0.3) is 5.91 Å². The van der Waals surface area contributed by atoms with Crippen LogP contribution in [0.15, 0.2) is 83.3 Å². The molecule has 5 nitrogen and oxygen atoms in total. The highest BCUT2D eigenvalue weighted by Crippen LogP contribution is 2.44. The smallest absolute Gasteiger partial charge is 0.290 e. The van der Waals surface area contributed by atoms with E-state index in [2.05, 4.69) is 20.9 Å². The number of hydrogen-bond acceptors (Lipinski definition) is 4. The molecular weight excluding hydrogens is 432 g/mol. The van der Waals surface area contributed by atoms with Crippen molar-refractivity contribution in [3.8, 4) is 5.75 Å². The number of methoxy groups -OCH3 is 1. The van der Waals surface area contributed by atoms with Crippen LogP contribution in [0.3, 0.4) is 0 Å². The van der Waals surface area contributed by atoms with Gasteiger partial charge in [-0.1, -0.05) is 40.2 Å². The number of benzene rings is 2. The van der Waals surface area contributed by atoms with Crippen LogP contribution >= 0.6 is 15.9 Å². The predicted molar refractivity (Wildman–Crippen MR) is 114 cm³/mol. The number of rotatable bonds is 5. The van der Waals surface area contributed by atoms with Gasteiger partial charge in [0, 0.05) is 29.0 Å². The van der Waals surface area contributed by atoms with Gasteiger partial charge in [0.2, 0.25) is 0 Å². The normalized spacial score (nSPS) is 16.4. The molecule has 0 bridgehead atoms. The fraction of sp³-hybridized carbons (Fsp3) is 0.130. The van der Waals surface area contributed by atoms with E-state index in [1.165, 1.54) is 0 Å². The Morgan fingerprint density at radius 2 is 1.69 bits per heavy atom. The molecule has 1 aromatic heterocycles. The van der Waals surface area contributed by atoms with Gasteiger partial charge in [0.05, 0.1) is 13.2 Å². The minimum atomic E-state index is -0.405. The van der Waals surface area contributed by atoms with E-state index in [0.29, 0.717) is 17.9 Å². The van der Waals surface area contributed by atoms with Crippen molar-refractivity contribution in [1.82, 2.24) is 9.88 Å². The summed E-state index contributed by atoms with van der Waals surface area (Å²) in [5, 5.41) is 10.8. The van der Waals surface area contributed by atoms with Crippen LogP contribution in [0.25, 0.3) is 5.57 Å². The number of hydrogen-bond donors (Lipinski definition) is 1. The van der Waals surface area contributed by atoms with Crippen LogP contribution in [0.4, 0.5) is 0 Å². The van der Waals surface area contributed by atoms with Crippen LogP contribution in [0.2, 0.25) is 0 Å². The lowest BCUT2D eigenvalue weighted by atomic mass is 9.93. The summed E-state index contributed by atoms with van der Waals surface area (Å²) in [5.41, 5.74) is 3.24. The summed E-state index contributed by atoms with van der Waals surface area (Å²) in [5.74, 6) is 0.102. The standard InChI is InChI=1S/C23H19BrN2O3/c1-29-19-8-4-16(5-9-19)20-21(17-2-6-18(24)7-3-17)26(23(28)22(20)27)14-15-10-12-25-13-11-15/h2-13,21,27H,14H2,1H3/t21-/m1/s1. The van der Waals surface area contributed by atoms with Crippen LogP contribution in [0, 0.1) is 0 Å². The number of amides is 1. The van der Waals surface area contributed by atoms with Crippen molar-refractivity contribution in [1.29, 1.82) is 0 Å². The SMILES string of the molecule is COc1ccc(C2=C(O)C(=O)N(Cc3ccncc3)[C@@H]2c2ccc(Br)cc2)cc1. The Morgan fingerprint density at radius 1 is 1.03 bits per heavy atom. The second kappa shape index (κ2) is 8.09. The van der Waals surface area contributed by atoms with E-state index < -0.39 is 6.04 Å². The first-order valence-electron chi connectivity index (χ1n) is 9.11. The summed E-state index contributed by atoms with van der Waals surface area (Å²) < 4.78 is 6.19. The molecule has 1 aliphatic heterocycles. The van der Waals surface area contributed by atoms with Crippen molar-refractivity contribution in [2.75, 3.05) is 7.11 Å². The lowest BCUT2D eigenvalue weighted by Crippen LogP contribution is -2.29. The molecule has 0 spiro atoms. The number of pyridine rings is 1. The quantitative estimate of drug-likeness (QED) is 0.599. The molecule has 1 atom stereocenters. The van der Waals surface area contributed by atoms with Crippen molar-refractivity contribution in [3.05, 3.63) is 100.0 Å². The topological polar surface area (TPSA) is 62.7 Å². The first kappa shape index (κ1) is 19.2. The highest BCUT2D eigenvalue weighted by molar-refractivity contribution is 9.10. The summed E-state index contributed by atoms with van der Waals surface area (Å²) in [6.45, 7) is 0.367. The maximum Gasteiger partial charge on any atom is 0.290 e. The number of carbonyl (C=O) groups excluding carboxylic acids is 1. The van der Waals surface area contributed by atoms with Crippen LogP contribution < -0.4 is 4.74 Å². The minimum Gasteiger partial charge on any atom is -0.503 e. The third-order valence-corrected chi connectivity index (χ3v) is 5.52. The lowest BCUT2D eigenvalue weighted by Gasteiger charge is -2.27. The molecule has 3 aromatic rings. The number of aliphatic hydroxyl groups excluding tert-OH is 1. The molecule has 1 N–H and O–H groups in total. The zero-order chi connectivity index (χ0) is 20.4. The molecule has 0 aliphatic carbocycles. The van der Waals surface area contributed by atoms with Crippen LogP contribution in [0.1, 0.15) is 22.7 Å². The monoisotopic (exact) mass is 450 g/mol. The van der Waals surface area contributed by atoms with E-state index in [9.17, 15) is 9.90 Å². The van der Waals surface area contributed by atoms with E-state index in [1.54, 1.807) is 24.4 Å². The van der Waals surface area contributed by atoms with Gasteiger partial charge < -0.3 is 14.7 Å². The Bertz CT molecular complexity index is 1050. The number of ether oxygens (including phenoxy) is 1. The van der Waals surface area contributed by atoms with E-state index in [-0.39, 0.29) is 11.7 Å². The summed E-state index contributed by atoms with van der Waals surface area (Å²) in [4.78, 5) is 18.8. The minimum absolute atomic E-state index is 0.225. The fourth-order valence-corrected chi connectivity index (χ4v) is 3.82. The van der Waals surface area contributed by atoms with Crippen LogP contribution in [-0.4, -0.2) is 28.0 Å². The molecule has 29 heavy (non-hydrogen) atoms. The molecule has 0 saturated heterocycles. The van der Waals surface area contributed by atoms with Crippen molar-refractivity contribution in [2.45, 2.75) is 12.6 Å². The zero-order valence-electron chi connectivity index (χ0n) is 15.7. The van der Waals surface area contributed by atoms with Crippen molar-refractivity contribution >= 4 is 27.4 Å². The van der Waals surface area contributed by atoms with Crippen molar-refractivity contribution in [3.63, 3.8) is 0 Å². The van der Waals surface area contributed by atoms with E-state index in [4.69, 9.17) is 4.74 Å². The zero-order valence-corrected chi connectivity index (χ0v) is 17.3. The number of carbonyl (C=O) groups is 1. The molecule has 4 rings (SSSR count). The fourth-order valence-electron chi connectivity index (χ4n) is 3.56. The average molecular weight is 451 g/mol. The molecule has 2 heterocycles. The van der Waals surface area contributed by atoms with Gasteiger partial charge in [-0.3, -0.25) is 9.78 Å². The molecule has 6 heteroatoms. The number of aliphatic hydroxyl groups is 1. The highest BCUT2D eigenvalue weighted by Gasteiger charge is 2.40. The molecule has 0 unspecified atom stereocenters. The summed E-state index contributed by atoms with van der Waals surface area (Å²) >= 11 is 3.46. The maximum absolute atomic E-state index is 13.0. The largest absolute Gasteiger partial charge is 0.503 e. The van der Waals surface area contributed by atoms with Crippen LogP contribution in [-0.2, 0) is 11.3 Å². The Morgan fingerprint density at radius 3 is 2.31 bits per heavy atom. The second-order valence-corrected chi connectivity index (χ2v) is 7.65. The summed E-state index contributed by atoms with van der Waals surface area (Å²) in [6.07, 6.45) is 3.39. The van der Waals surface area contributed by atoms with Crippen molar-refractivity contribution < 1.29 is 14.6 Å². The number of halogens is 1. The second-order valence-electron chi connectivity index (χ2n) is 6.73. The first-order valence-corrected chi connectivity index (χ1v) is 9.90. The Labute approximate surface area is 177 Å². The van der Waals surface area contributed by atoms with Gasteiger partial charge in [-0.15, -0.1) is 0 Å². The molecule has 2 aromatic carbocycles. The van der Waals surface area contributed by atoms with Crippen LogP contribution in [0.5, 0.6) is 5.75 Å². The Hall–Kier alpha value is -3.12. The Balaban J connectivity index is 1.80. The molecule has 0 saturated carbocycles.